The second-order valence-electron chi connectivity index (χ2n) is 5.98. The number of ether oxygens (including phenoxy) is 1. The predicted molar refractivity (Wildman–Crippen MR) is 64.8 cm³/mol. The van der Waals surface area contributed by atoms with Gasteiger partial charge in [0.1, 0.15) is 5.60 Å². The maximum Gasteiger partial charge on any atom is 0.363 e. The fourth-order valence-corrected chi connectivity index (χ4v) is 1.13. The van der Waals surface area contributed by atoms with Crippen LogP contribution < -0.4 is 5.73 Å². The molecule has 5 heteroatoms. The van der Waals surface area contributed by atoms with Crippen LogP contribution in [0.5, 0.6) is 0 Å². The number of nitrogen functional groups attached to an aromatic ring is 1. The summed E-state index contributed by atoms with van der Waals surface area (Å²) in [5, 5.41) is 0. The number of nitrogens with two attached hydrogens (primary N) is 1. The van der Waals surface area contributed by atoms with Gasteiger partial charge >= 0.3 is 5.97 Å². The minimum absolute atomic E-state index is 0.00387. The molecule has 1 rings (SSSR count). The lowest BCUT2D eigenvalue weighted by molar-refractivity contribution is 0.00643. The molecule has 96 valence electrons. The van der Waals surface area contributed by atoms with Crippen molar-refractivity contribution in [3.63, 3.8) is 0 Å². The third-order valence-corrected chi connectivity index (χ3v) is 1.89. The first-order chi connectivity index (χ1) is 7.50. The molecule has 0 amide bonds. The monoisotopic (exact) mass is 240 g/mol. The molecule has 5 nitrogen and oxygen atoms in total. The van der Waals surface area contributed by atoms with Crippen LogP contribution in [0, 0.1) is 0 Å². The molecule has 1 aromatic rings. The molecule has 0 saturated heterocycles. The number of esters is 1. The van der Waals surface area contributed by atoms with Gasteiger partial charge in [-0.15, -0.1) is 0 Å². The van der Waals surface area contributed by atoms with Crippen LogP contribution >= 0.6 is 0 Å². The van der Waals surface area contributed by atoms with Crippen molar-refractivity contribution < 1.29 is 13.9 Å². The minimum Gasteiger partial charge on any atom is -0.455 e. The Morgan fingerprint density at radius 3 is 2.12 bits per heavy atom. The van der Waals surface area contributed by atoms with E-state index in [9.17, 15) is 4.79 Å². The van der Waals surface area contributed by atoms with Gasteiger partial charge in [-0.25, -0.2) is 9.78 Å². The summed E-state index contributed by atoms with van der Waals surface area (Å²) in [6, 6.07) is 0. The maximum absolute atomic E-state index is 11.8. The van der Waals surface area contributed by atoms with Crippen molar-refractivity contribution in [1.82, 2.24) is 4.98 Å². The lowest BCUT2D eigenvalue weighted by Gasteiger charge is -2.18. The summed E-state index contributed by atoms with van der Waals surface area (Å²) in [5.74, 6) is -0.130. The van der Waals surface area contributed by atoms with Gasteiger partial charge in [0.15, 0.2) is 0 Å². The van der Waals surface area contributed by atoms with Gasteiger partial charge in [-0.2, -0.15) is 0 Å². The molecular formula is C12H20N2O3. The van der Waals surface area contributed by atoms with Crippen molar-refractivity contribution in [3.8, 4) is 0 Å². The summed E-state index contributed by atoms with van der Waals surface area (Å²) in [6.07, 6.45) is 0. The molecule has 0 atom stereocenters. The van der Waals surface area contributed by atoms with E-state index in [2.05, 4.69) is 4.98 Å². The van der Waals surface area contributed by atoms with Crippen LogP contribution in [0.3, 0.4) is 0 Å². The van der Waals surface area contributed by atoms with E-state index >= 15 is 0 Å². The first-order valence-corrected chi connectivity index (χ1v) is 5.51. The van der Waals surface area contributed by atoms with E-state index in [-0.39, 0.29) is 17.0 Å². The molecule has 2 N–H and O–H groups in total. The molecular weight excluding hydrogens is 220 g/mol. The topological polar surface area (TPSA) is 78.3 Å². The third-order valence-electron chi connectivity index (χ3n) is 1.89. The Morgan fingerprint density at radius 2 is 1.76 bits per heavy atom. The van der Waals surface area contributed by atoms with Crippen molar-refractivity contribution in [2.45, 2.75) is 52.6 Å². The van der Waals surface area contributed by atoms with Crippen LogP contribution in [-0.2, 0) is 10.2 Å². The number of carbonyl (C=O) groups is 1. The third kappa shape index (κ3) is 3.47. The second kappa shape index (κ2) is 4.05. The van der Waals surface area contributed by atoms with Gasteiger partial charge in [0, 0.05) is 5.41 Å². The van der Waals surface area contributed by atoms with Crippen molar-refractivity contribution in [2.24, 2.45) is 0 Å². The molecule has 0 bridgehead atoms. The van der Waals surface area contributed by atoms with E-state index in [1.54, 1.807) is 20.8 Å². The van der Waals surface area contributed by atoms with E-state index < -0.39 is 11.6 Å². The Labute approximate surface area is 101 Å². The maximum atomic E-state index is 11.8. The van der Waals surface area contributed by atoms with Crippen molar-refractivity contribution in [1.29, 1.82) is 0 Å². The lowest BCUT2D eigenvalue weighted by atomic mass is 9.97. The Morgan fingerprint density at radius 1 is 1.24 bits per heavy atom. The number of oxazole rings is 1. The van der Waals surface area contributed by atoms with Crippen molar-refractivity contribution in [3.05, 3.63) is 11.6 Å². The van der Waals surface area contributed by atoms with Crippen LogP contribution in [0.25, 0.3) is 0 Å². The number of hydrogen-bond donors (Lipinski definition) is 1. The van der Waals surface area contributed by atoms with Gasteiger partial charge in [-0.05, 0) is 20.8 Å². The predicted octanol–water partition coefficient (Wildman–Crippen LogP) is 2.51. The van der Waals surface area contributed by atoms with Gasteiger partial charge in [0.2, 0.25) is 17.5 Å². The standard InChI is InChI=1S/C12H20N2O3/c1-11(2,3)10-14-7(8(13)16-10)9(15)17-12(4,5)6/h13H2,1-6H3. The largest absolute Gasteiger partial charge is 0.455 e. The summed E-state index contributed by atoms with van der Waals surface area (Å²) in [4.78, 5) is 15.9. The smallest absolute Gasteiger partial charge is 0.363 e. The molecule has 0 aliphatic heterocycles. The quantitative estimate of drug-likeness (QED) is 0.763. The van der Waals surface area contributed by atoms with E-state index in [1.807, 2.05) is 20.8 Å². The molecule has 0 aliphatic carbocycles. The van der Waals surface area contributed by atoms with Crippen LogP contribution in [-0.4, -0.2) is 16.6 Å². The molecule has 1 heterocycles. The Bertz CT molecular complexity index is 422. The first-order valence-electron chi connectivity index (χ1n) is 5.51. The Balaban J connectivity index is 3.00. The van der Waals surface area contributed by atoms with Gasteiger partial charge in [0.05, 0.1) is 0 Å². The molecule has 0 radical (unpaired) electrons. The highest BCUT2D eigenvalue weighted by Crippen LogP contribution is 2.26. The minimum atomic E-state index is -0.579. The number of rotatable bonds is 1. The van der Waals surface area contributed by atoms with Crippen molar-refractivity contribution >= 4 is 11.9 Å². The molecule has 0 aliphatic rings. The molecule has 17 heavy (non-hydrogen) atoms. The SMILES string of the molecule is CC(C)(C)OC(=O)c1nc(C(C)(C)C)oc1N. The first kappa shape index (κ1) is 13.5. The number of aromatic nitrogens is 1. The highest BCUT2D eigenvalue weighted by molar-refractivity contribution is 5.91. The fraction of sp³-hybridized carbons (Fsp3) is 0.667. The Kier molecular flexibility index (Phi) is 3.23. The van der Waals surface area contributed by atoms with Crippen LogP contribution in [0.15, 0.2) is 4.42 Å². The van der Waals surface area contributed by atoms with Gasteiger partial charge in [-0.3, -0.25) is 0 Å². The van der Waals surface area contributed by atoms with E-state index in [0.717, 1.165) is 0 Å². The number of hydrogen-bond acceptors (Lipinski definition) is 5. The number of nitrogens with zero attached hydrogens (tertiary/aromatic N) is 1. The van der Waals surface area contributed by atoms with Crippen LogP contribution in [0.2, 0.25) is 0 Å². The van der Waals surface area contributed by atoms with E-state index in [1.165, 1.54) is 0 Å². The summed E-state index contributed by atoms with van der Waals surface area (Å²) in [5.41, 5.74) is 4.80. The number of carbonyl (C=O) groups excluding carboxylic acids is 1. The summed E-state index contributed by atoms with van der Waals surface area (Å²) >= 11 is 0. The van der Waals surface area contributed by atoms with Crippen molar-refractivity contribution in [2.75, 3.05) is 5.73 Å². The van der Waals surface area contributed by atoms with Crippen LogP contribution in [0.4, 0.5) is 5.88 Å². The molecule has 0 aromatic carbocycles. The molecule has 0 saturated carbocycles. The summed E-state index contributed by atoms with van der Waals surface area (Å²) < 4.78 is 10.5. The lowest BCUT2D eigenvalue weighted by Crippen LogP contribution is -2.24. The molecule has 1 aromatic heterocycles. The van der Waals surface area contributed by atoms with Gasteiger partial charge in [-0.1, -0.05) is 20.8 Å². The zero-order valence-corrected chi connectivity index (χ0v) is 11.2. The highest BCUT2D eigenvalue weighted by Gasteiger charge is 2.28. The fourth-order valence-electron chi connectivity index (χ4n) is 1.13. The van der Waals surface area contributed by atoms with Crippen LogP contribution in [0.1, 0.15) is 57.9 Å². The average Bonchev–Trinajstić information content (AvgIpc) is 2.42. The van der Waals surface area contributed by atoms with Gasteiger partial charge in [0.25, 0.3) is 0 Å². The van der Waals surface area contributed by atoms with E-state index in [0.29, 0.717) is 5.89 Å². The zero-order valence-electron chi connectivity index (χ0n) is 11.2. The molecule has 0 unspecified atom stereocenters. The Hall–Kier alpha value is -1.52. The summed E-state index contributed by atoms with van der Waals surface area (Å²) in [7, 11) is 0. The zero-order chi connectivity index (χ0) is 13.4. The molecule has 0 spiro atoms. The second-order valence-corrected chi connectivity index (χ2v) is 5.98. The number of anilines is 1. The normalized spacial score (nSPS) is 12.6. The van der Waals surface area contributed by atoms with E-state index in [4.69, 9.17) is 14.9 Å². The average molecular weight is 240 g/mol. The molecule has 0 fully saturated rings. The highest BCUT2D eigenvalue weighted by atomic mass is 16.6. The summed E-state index contributed by atoms with van der Waals surface area (Å²) in [6.45, 7) is 11.1. The van der Waals surface area contributed by atoms with Gasteiger partial charge < -0.3 is 14.9 Å².